The summed E-state index contributed by atoms with van der Waals surface area (Å²) in [7, 11) is 0. The van der Waals surface area contributed by atoms with Gasteiger partial charge in [-0.15, -0.1) is 11.8 Å². The average molecular weight is 399 g/mol. The fourth-order valence-corrected chi connectivity index (χ4v) is 3.08. The molecule has 0 atom stereocenters. The highest BCUT2D eigenvalue weighted by atomic mass is 79.9. The number of benzene rings is 2. The third kappa shape index (κ3) is 3.07. The first-order valence-corrected chi connectivity index (χ1v) is 8.59. The zero-order chi connectivity index (χ0) is 16.6. The van der Waals surface area contributed by atoms with E-state index in [0.717, 1.165) is 28.7 Å². The molecule has 0 N–H and O–H groups in total. The van der Waals surface area contributed by atoms with Crippen molar-refractivity contribution in [2.75, 3.05) is 6.26 Å². The number of halogens is 4. The summed E-state index contributed by atoms with van der Waals surface area (Å²) < 4.78 is 43.1. The van der Waals surface area contributed by atoms with Crippen LogP contribution in [0.1, 0.15) is 11.4 Å². The topological polar surface area (TPSA) is 25.8 Å². The molecule has 0 fully saturated rings. The number of fused-ring (bicyclic) bond motifs is 1. The molecular formula is C16H10BrF3N2S. The largest absolute Gasteiger partial charge is 0.331 e. The van der Waals surface area contributed by atoms with Gasteiger partial charge in [-0.05, 0) is 48.7 Å². The van der Waals surface area contributed by atoms with E-state index in [1.54, 1.807) is 18.4 Å². The minimum absolute atomic E-state index is 0.347. The fraction of sp³-hybridized carbons (Fsp3) is 0.125. The number of nitrogens with zero attached hydrogens (tertiary/aromatic N) is 2. The molecule has 0 amide bonds. The molecule has 0 saturated heterocycles. The summed E-state index contributed by atoms with van der Waals surface area (Å²) >= 11 is 4.58. The van der Waals surface area contributed by atoms with Gasteiger partial charge in [-0.1, -0.05) is 15.9 Å². The van der Waals surface area contributed by atoms with Crippen molar-refractivity contribution < 1.29 is 13.2 Å². The number of alkyl halides is 2. The first-order valence-electron chi connectivity index (χ1n) is 6.57. The molecule has 0 bridgehead atoms. The van der Waals surface area contributed by atoms with Gasteiger partial charge in [0, 0.05) is 15.4 Å². The van der Waals surface area contributed by atoms with Crippen molar-refractivity contribution in [3.63, 3.8) is 0 Å². The van der Waals surface area contributed by atoms with Gasteiger partial charge in [0.2, 0.25) is 5.82 Å². The van der Waals surface area contributed by atoms with Gasteiger partial charge < -0.3 is 0 Å². The maximum atomic E-state index is 14.7. The van der Waals surface area contributed by atoms with Gasteiger partial charge >= 0.3 is 5.92 Å². The number of aromatic nitrogens is 2. The Balaban J connectivity index is 2.20. The third-order valence-corrected chi connectivity index (χ3v) is 4.50. The lowest BCUT2D eigenvalue weighted by atomic mass is 10.1. The van der Waals surface area contributed by atoms with Gasteiger partial charge in [-0.2, -0.15) is 8.78 Å². The first kappa shape index (κ1) is 16.3. The van der Waals surface area contributed by atoms with E-state index in [9.17, 15) is 13.2 Å². The summed E-state index contributed by atoms with van der Waals surface area (Å²) in [5, 5.41) is 1.18. The van der Waals surface area contributed by atoms with Crippen LogP contribution in [-0.2, 0) is 5.92 Å². The molecule has 2 nitrogen and oxygen atoms in total. The summed E-state index contributed by atoms with van der Waals surface area (Å²) in [5.74, 6) is -4.58. The van der Waals surface area contributed by atoms with E-state index in [1.165, 1.54) is 11.8 Å². The Bertz CT molecular complexity index is 869. The minimum Gasteiger partial charge on any atom is -0.227 e. The molecule has 7 heteroatoms. The second-order valence-electron chi connectivity index (χ2n) is 4.80. The van der Waals surface area contributed by atoms with E-state index < -0.39 is 17.6 Å². The Hall–Kier alpha value is -1.60. The SMILES string of the molecule is CSc1nc(C(F)(F)c2ccc(F)cc2)nc2cc(Br)ccc12. The zero-order valence-corrected chi connectivity index (χ0v) is 14.3. The molecule has 2 aromatic carbocycles. The van der Waals surface area contributed by atoms with Crippen LogP contribution in [0.3, 0.4) is 0 Å². The lowest BCUT2D eigenvalue weighted by Crippen LogP contribution is -2.19. The lowest BCUT2D eigenvalue weighted by molar-refractivity contribution is 0.0325. The van der Waals surface area contributed by atoms with E-state index in [-0.39, 0.29) is 5.56 Å². The molecule has 0 aliphatic heterocycles. The van der Waals surface area contributed by atoms with Gasteiger partial charge in [-0.25, -0.2) is 14.4 Å². The normalized spacial score (nSPS) is 11.9. The summed E-state index contributed by atoms with van der Waals surface area (Å²) in [6.45, 7) is 0. The minimum atomic E-state index is -3.41. The van der Waals surface area contributed by atoms with Crippen LogP contribution in [0, 0.1) is 5.82 Å². The highest BCUT2D eigenvalue weighted by molar-refractivity contribution is 9.10. The molecule has 0 aliphatic carbocycles. The number of thioether (sulfide) groups is 1. The van der Waals surface area contributed by atoms with Crippen molar-refractivity contribution in [1.29, 1.82) is 0 Å². The van der Waals surface area contributed by atoms with Crippen LogP contribution in [0.2, 0.25) is 0 Å². The van der Waals surface area contributed by atoms with Crippen molar-refractivity contribution in [2.45, 2.75) is 10.9 Å². The van der Waals surface area contributed by atoms with Crippen LogP contribution < -0.4 is 0 Å². The third-order valence-electron chi connectivity index (χ3n) is 3.30. The van der Waals surface area contributed by atoms with Crippen LogP contribution in [0.4, 0.5) is 13.2 Å². The van der Waals surface area contributed by atoms with Gasteiger partial charge in [0.05, 0.1) is 5.52 Å². The van der Waals surface area contributed by atoms with Crippen molar-refractivity contribution >= 4 is 38.6 Å². The standard InChI is InChI=1S/C16H10BrF3N2S/c1-23-14-12-7-4-10(17)8-13(12)21-15(22-14)16(19,20)9-2-5-11(18)6-3-9/h2-8H,1H3. The Labute approximate surface area is 143 Å². The molecule has 0 aliphatic rings. The lowest BCUT2D eigenvalue weighted by Gasteiger charge is -2.17. The monoisotopic (exact) mass is 398 g/mol. The molecule has 0 unspecified atom stereocenters. The van der Waals surface area contributed by atoms with Crippen LogP contribution in [-0.4, -0.2) is 16.2 Å². The van der Waals surface area contributed by atoms with Crippen molar-refractivity contribution in [1.82, 2.24) is 9.97 Å². The van der Waals surface area contributed by atoms with Crippen molar-refractivity contribution in [3.8, 4) is 0 Å². The Morgan fingerprint density at radius 1 is 1.04 bits per heavy atom. The summed E-state index contributed by atoms with van der Waals surface area (Å²) in [4.78, 5) is 8.03. The van der Waals surface area contributed by atoms with Crippen LogP contribution >= 0.6 is 27.7 Å². The highest BCUT2D eigenvalue weighted by Gasteiger charge is 2.38. The molecule has 118 valence electrons. The van der Waals surface area contributed by atoms with E-state index >= 15 is 0 Å². The van der Waals surface area contributed by atoms with Gasteiger partial charge in [0.25, 0.3) is 0 Å². The predicted octanol–water partition coefficient (Wildman–Crippen LogP) is 5.39. The van der Waals surface area contributed by atoms with E-state index in [1.807, 2.05) is 6.07 Å². The Morgan fingerprint density at radius 2 is 1.74 bits per heavy atom. The van der Waals surface area contributed by atoms with Crippen LogP contribution in [0.15, 0.2) is 52.0 Å². The Morgan fingerprint density at radius 3 is 2.39 bits per heavy atom. The molecule has 0 radical (unpaired) electrons. The molecule has 1 heterocycles. The van der Waals surface area contributed by atoms with Crippen LogP contribution in [0.25, 0.3) is 10.9 Å². The smallest absolute Gasteiger partial charge is 0.227 e. The number of hydrogen-bond donors (Lipinski definition) is 0. The van der Waals surface area contributed by atoms with E-state index in [0.29, 0.717) is 15.9 Å². The van der Waals surface area contributed by atoms with Gasteiger partial charge in [0.1, 0.15) is 10.8 Å². The van der Waals surface area contributed by atoms with E-state index in [2.05, 4.69) is 25.9 Å². The predicted molar refractivity (Wildman–Crippen MR) is 88.4 cm³/mol. The number of rotatable bonds is 3. The second-order valence-corrected chi connectivity index (χ2v) is 6.51. The summed E-state index contributed by atoms with van der Waals surface area (Å²) in [6, 6.07) is 9.34. The Kier molecular flexibility index (Phi) is 4.33. The fourth-order valence-electron chi connectivity index (χ4n) is 2.16. The van der Waals surface area contributed by atoms with E-state index in [4.69, 9.17) is 0 Å². The van der Waals surface area contributed by atoms with Crippen molar-refractivity contribution in [3.05, 3.63) is 64.1 Å². The quantitative estimate of drug-likeness (QED) is 0.436. The van der Waals surface area contributed by atoms with Crippen LogP contribution in [0.5, 0.6) is 0 Å². The molecule has 1 aromatic heterocycles. The highest BCUT2D eigenvalue weighted by Crippen LogP contribution is 2.36. The second kappa shape index (κ2) is 6.13. The molecular weight excluding hydrogens is 389 g/mol. The maximum Gasteiger partial charge on any atom is 0.331 e. The number of hydrogen-bond acceptors (Lipinski definition) is 3. The first-order chi connectivity index (χ1) is 10.9. The maximum absolute atomic E-state index is 14.7. The molecule has 3 rings (SSSR count). The van der Waals surface area contributed by atoms with Gasteiger partial charge in [0.15, 0.2) is 0 Å². The van der Waals surface area contributed by atoms with Crippen molar-refractivity contribution in [2.24, 2.45) is 0 Å². The zero-order valence-electron chi connectivity index (χ0n) is 11.9. The molecule has 23 heavy (non-hydrogen) atoms. The molecule has 0 saturated carbocycles. The molecule has 0 spiro atoms. The summed E-state index contributed by atoms with van der Waals surface area (Å²) in [6.07, 6.45) is 1.77. The van der Waals surface area contributed by atoms with Gasteiger partial charge in [-0.3, -0.25) is 0 Å². The molecule has 3 aromatic rings. The average Bonchev–Trinajstić information content (AvgIpc) is 2.53. The summed E-state index contributed by atoms with van der Waals surface area (Å²) in [5.41, 5.74) is 0.0795.